The molecule has 18 heavy (non-hydrogen) atoms. The molecule has 96 valence electrons. The van der Waals surface area contributed by atoms with E-state index < -0.39 is 0 Å². The van der Waals surface area contributed by atoms with Crippen molar-refractivity contribution in [3.8, 4) is 5.88 Å². The van der Waals surface area contributed by atoms with E-state index in [0.29, 0.717) is 5.88 Å². The Labute approximate surface area is 114 Å². The van der Waals surface area contributed by atoms with Crippen molar-refractivity contribution in [2.24, 2.45) is 0 Å². The number of likely N-dealkylation sites (N-methyl/N-ethyl adjacent to an activating group) is 1. The van der Waals surface area contributed by atoms with Crippen LogP contribution in [0.3, 0.4) is 0 Å². The van der Waals surface area contributed by atoms with Crippen molar-refractivity contribution in [1.29, 1.82) is 0 Å². The molecule has 6 heteroatoms. The van der Waals surface area contributed by atoms with Crippen molar-refractivity contribution >= 4 is 15.9 Å². The molecule has 0 spiro atoms. The van der Waals surface area contributed by atoms with Crippen LogP contribution in [0.4, 0.5) is 0 Å². The number of aromatic nitrogens is 2. The minimum atomic E-state index is 0.123. The fraction of sp³-hybridized carbons (Fsp3) is 0.333. The van der Waals surface area contributed by atoms with Crippen LogP contribution in [0.5, 0.6) is 5.88 Å². The number of hydrogen-bond donors (Lipinski definition) is 1. The van der Waals surface area contributed by atoms with Crippen molar-refractivity contribution in [3.05, 3.63) is 40.7 Å². The second-order valence-electron chi connectivity index (χ2n) is 3.75. The average molecular weight is 312 g/mol. The van der Waals surface area contributed by atoms with Gasteiger partial charge in [-0.05, 0) is 29.0 Å². The summed E-state index contributed by atoms with van der Waals surface area (Å²) < 4.78 is 11.1. The Morgan fingerprint density at radius 3 is 2.94 bits per heavy atom. The van der Waals surface area contributed by atoms with E-state index >= 15 is 0 Å². The standard InChI is InChI=1S/C12H14BrN3O2/c1-14-10(9-3-4-18-12(9)13)5-8-6-11(17-2)16-7-15-8/h3-4,6-7,10,14H,5H2,1-2H3. The summed E-state index contributed by atoms with van der Waals surface area (Å²) in [4.78, 5) is 8.23. The van der Waals surface area contributed by atoms with Crippen LogP contribution in [-0.4, -0.2) is 24.1 Å². The first-order valence-electron chi connectivity index (χ1n) is 5.49. The Morgan fingerprint density at radius 2 is 2.33 bits per heavy atom. The zero-order chi connectivity index (χ0) is 13.0. The molecular formula is C12H14BrN3O2. The molecule has 0 aromatic carbocycles. The van der Waals surface area contributed by atoms with Gasteiger partial charge in [0.1, 0.15) is 6.33 Å². The highest BCUT2D eigenvalue weighted by Crippen LogP contribution is 2.26. The summed E-state index contributed by atoms with van der Waals surface area (Å²) in [7, 11) is 3.50. The molecule has 1 unspecified atom stereocenters. The van der Waals surface area contributed by atoms with Crippen molar-refractivity contribution in [3.63, 3.8) is 0 Å². The number of hydrogen-bond acceptors (Lipinski definition) is 5. The van der Waals surface area contributed by atoms with Gasteiger partial charge in [-0.15, -0.1) is 0 Å². The molecule has 0 radical (unpaired) electrons. The van der Waals surface area contributed by atoms with Crippen LogP contribution in [0.15, 0.2) is 33.8 Å². The molecule has 0 aliphatic carbocycles. The predicted octanol–water partition coefficient (Wildman–Crippen LogP) is 2.34. The van der Waals surface area contributed by atoms with Gasteiger partial charge < -0.3 is 14.5 Å². The van der Waals surface area contributed by atoms with Gasteiger partial charge in [0, 0.05) is 29.8 Å². The van der Waals surface area contributed by atoms with Gasteiger partial charge in [-0.25, -0.2) is 9.97 Å². The molecule has 5 nitrogen and oxygen atoms in total. The van der Waals surface area contributed by atoms with Crippen LogP contribution in [0.25, 0.3) is 0 Å². The lowest BCUT2D eigenvalue weighted by Gasteiger charge is -2.14. The fourth-order valence-corrected chi connectivity index (χ4v) is 2.25. The van der Waals surface area contributed by atoms with E-state index in [4.69, 9.17) is 9.15 Å². The fourth-order valence-electron chi connectivity index (χ4n) is 1.73. The number of nitrogens with zero attached hydrogens (tertiary/aromatic N) is 2. The summed E-state index contributed by atoms with van der Waals surface area (Å²) >= 11 is 3.39. The zero-order valence-electron chi connectivity index (χ0n) is 10.2. The lowest BCUT2D eigenvalue weighted by Crippen LogP contribution is -2.19. The minimum absolute atomic E-state index is 0.123. The molecule has 2 heterocycles. The number of nitrogens with one attached hydrogen (secondary N) is 1. The van der Waals surface area contributed by atoms with Crippen LogP contribution < -0.4 is 10.1 Å². The Kier molecular flexibility index (Phi) is 4.33. The summed E-state index contributed by atoms with van der Waals surface area (Å²) in [5, 5.41) is 3.24. The van der Waals surface area contributed by atoms with E-state index in [9.17, 15) is 0 Å². The van der Waals surface area contributed by atoms with Crippen molar-refractivity contribution in [2.45, 2.75) is 12.5 Å². The smallest absolute Gasteiger partial charge is 0.216 e. The monoisotopic (exact) mass is 311 g/mol. The SMILES string of the molecule is CNC(Cc1cc(OC)ncn1)c1ccoc1Br. The minimum Gasteiger partial charge on any atom is -0.481 e. The van der Waals surface area contributed by atoms with E-state index in [-0.39, 0.29) is 6.04 Å². The zero-order valence-corrected chi connectivity index (χ0v) is 11.8. The number of ether oxygens (including phenoxy) is 1. The van der Waals surface area contributed by atoms with Gasteiger partial charge in [0.15, 0.2) is 4.67 Å². The molecule has 1 N–H and O–H groups in total. The van der Waals surface area contributed by atoms with Gasteiger partial charge in [0.05, 0.1) is 13.4 Å². The number of methoxy groups -OCH3 is 1. The Hall–Kier alpha value is -1.40. The molecule has 0 aliphatic rings. The summed E-state index contributed by atoms with van der Waals surface area (Å²) in [5.41, 5.74) is 1.98. The molecule has 0 saturated heterocycles. The maximum Gasteiger partial charge on any atom is 0.216 e. The topological polar surface area (TPSA) is 60.2 Å². The first kappa shape index (κ1) is 13.0. The Morgan fingerprint density at radius 1 is 1.50 bits per heavy atom. The Bertz CT molecular complexity index is 516. The van der Waals surface area contributed by atoms with Gasteiger partial charge in [-0.3, -0.25) is 0 Å². The number of halogens is 1. The normalized spacial score (nSPS) is 12.4. The third kappa shape index (κ3) is 2.88. The largest absolute Gasteiger partial charge is 0.481 e. The van der Waals surface area contributed by atoms with Gasteiger partial charge in [-0.1, -0.05) is 0 Å². The molecule has 0 bridgehead atoms. The van der Waals surface area contributed by atoms with Crippen LogP contribution in [0.2, 0.25) is 0 Å². The number of furan rings is 1. The summed E-state index contributed by atoms with van der Waals surface area (Å²) in [6, 6.07) is 3.89. The molecule has 2 rings (SSSR count). The maximum absolute atomic E-state index is 5.25. The maximum atomic E-state index is 5.25. The van der Waals surface area contributed by atoms with Crippen molar-refractivity contribution in [2.75, 3.05) is 14.2 Å². The van der Waals surface area contributed by atoms with Gasteiger partial charge in [-0.2, -0.15) is 0 Å². The van der Waals surface area contributed by atoms with Crippen LogP contribution in [0, 0.1) is 0 Å². The lowest BCUT2D eigenvalue weighted by molar-refractivity contribution is 0.395. The quantitative estimate of drug-likeness (QED) is 0.918. The highest BCUT2D eigenvalue weighted by Gasteiger charge is 2.16. The van der Waals surface area contributed by atoms with E-state index in [1.54, 1.807) is 13.4 Å². The second kappa shape index (κ2) is 5.97. The highest BCUT2D eigenvalue weighted by atomic mass is 79.9. The van der Waals surface area contributed by atoms with Crippen molar-refractivity contribution < 1.29 is 9.15 Å². The van der Waals surface area contributed by atoms with E-state index in [1.807, 2.05) is 19.2 Å². The molecule has 1 atom stereocenters. The number of rotatable bonds is 5. The summed E-state index contributed by atoms with van der Waals surface area (Å²) in [6.45, 7) is 0. The van der Waals surface area contributed by atoms with E-state index in [2.05, 4.69) is 31.2 Å². The third-order valence-electron chi connectivity index (χ3n) is 2.69. The van der Waals surface area contributed by atoms with E-state index in [0.717, 1.165) is 22.3 Å². The van der Waals surface area contributed by atoms with Gasteiger partial charge in [0.2, 0.25) is 5.88 Å². The molecule has 0 amide bonds. The van der Waals surface area contributed by atoms with Crippen LogP contribution in [-0.2, 0) is 6.42 Å². The van der Waals surface area contributed by atoms with E-state index in [1.165, 1.54) is 6.33 Å². The molecule has 0 aliphatic heterocycles. The second-order valence-corrected chi connectivity index (χ2v) is 4.47. The van der Waals surface area contributed by atoms with Crippen LogP contribution >= 0.6 is 15.9 Å². The first-order valence-corrected chi connectivity index (χ1v) is 6.29. The van der Waals surface area contributed by atoms with Crippen molar-refractivity contribution in [1.82, 2.24) is 15.3 Å². The van der Waals surface area contributed by atoms with Gasteiger partial charge in [0.25, 0.3) is 0 Å². The third-order valence-corrected chi connectivity index (χ3v) is 3.34. The molecule has 0 fully saturated rings. The van der Waals surface area contributed by atoms with Crippen LogP contribution in [0.1, 0.15) is 17.3 Å². The first-order chi connectivity index (χ1) is 8.74. The van der Waals surface area contributed by atoms with Gasteiger partial charge >= 0.3 is 0 Å². The summed E-state index contributed by atoms with van der Waals surface area (Å²) in [5.74, 6) is 0.570. The molecular weight excluding hydrogens is 298 g/mol. The highest BCUT2D eigenvalue weighted by molar-refractivity contribution is 9.10. The summed E-state index contributed by atoms with van der Waals surface area (Å²) in [6.07, 6.45) is 3.89. The lowest BCUT2D eigenvalue weighted by atomic mass is 10.1. The molecule has 0 saturated carbocycles. The molecule has 2 aromatic heterocycles. The average Bonchev–Trinajstić information content (AvgIpc) is 2.82. The molecule has 2 aromatic rings. The Balaban J connectivity index is 2.18. The predicted molar refractivity (Wildman–Crippen MR) is 70.5 cm³/mol.